The van der Waals surface area contributed by atoms with E-state index >= 15 is 0 Å². The number of rotatable bonds is 2. The molecule has 0 aromatic rings. The first kappa shape index (κ1) is 14.6. The summed E-state index contributed by atoms with van der Waals surface area (Å²) in [6.07, 6.45) is 1.46. The summed E-state index contributed by atoms with van der Waals surface area (Å²) in [5.74, 6) is 2.23. The number of aliphatic hydroxyl groups is 1. The van der Waals surface area contributed by atoms with Gasteiger partial charge in [0, 0.05) is 18.6 Å². The second kappa shape index (κ2) is 6.50. The zero-order chi connectivity index (χ0) is 12.9. The van der Waals surface area contributed by atoms with Crippen LogP contribution < -0.4 is 5.32 Å². The van der Waals surface area contributed by atoms with Crippen molar-refractivity contribution in [2.45, 2.75) is 45.3 Å². The Morgan fingerprint density at radius 3 is 2.65 bits per heavy atom. The van der Waals surface area contributed by atoms with Gasteiger partial charge in [-0.1, -0.05) is 0 Å². The summed E-state index contributed by atoms with van der Waals surface area (Å²) in [6.45, 7) is 5.66. The van der Waals surface area contributed by atoms with Crippen molar-refractivity contribution < 1.29 is 14.6 Å². The number of hydrogen-bond donors (Lipinski definition) is 2. The fraction of sp³-hybridized carbons (Fsp3) is 0.917. The van der Waals surface area contributed by atoms with Crippen LogP contribution in [0.15, 0.2) is 0 Å². The molecule has 0 radical (unpaired) electrons. The number of thioether (sulfide) groups is 1. The lowest BCUT2D eigenvalue weighted by molar-refractivity contribution is 0.0469. The molecule has 0 saturated carbocycles. The van der Waals surface area contributed by atoms with Crippen LogP contribution in [0.25, 0.3) is 0 Å². The van der Waals surface area contributed by atoms with Crippen molar-refractivity contribution in [2.75, 3.05) is 18.1 Å². The molecule has 0 aromatic heterocycles. The number of ether oxygens (including phenoxy) is 1. The zero-order valence-electron chi connectivity index (χ0n) is 10.9. The normalized spacial score (nSPS) is 26.1. The van der Waals surface area contributed by atoms with Crippen molar-refractivity contribution in [3.63, 3.8) is 0 Å². The number of carbonyl (C=O) groups excluding carboxylic acids is 1. The molecule has 2 unspecified atom stereocenters. The van der Waals surface area contributed by atoms with Crippen LogP contribution in [0.2, 0.25) is 0 Å². The predicted molar refractivity (Wildman–Crippen MR) is 70.3 cm³/mol. The standard InChI is InChI=1S/C12H23NO3S/c1-12(2,3)16-11(15)13-10-5-7-17-6-4-9(10)8-14/h9-10,14H,4-8H2,1-3H3,(H,13,15). The van der Waals surface area contributed by atoms with E-state index in [0.29, 0.717) is 0 Å². The highest BCUT2D eigenvalue weighted by atomic mass is 32.2. The van der Waals surface area contributed by atoms with Gasteiger partial charge in [0.1, 0.15) is 5.60 Å². The topological polar surface area (TPSA) is 58.6 Å². The smallest absolute Gasteiger partial charge is 0.407 e. The summed E-state index contributed by atoms with van der Waals surface area (Å²) in [7, 11) is 0. The Bertz CT molecular complexity index is 253. The predicted octanol–water partition coefficient (Wildman–Crippen LogP) is 2.02. The minimum atomic E-state index is -0.474. The molecule has 1 saturated heterocycles. The van der Waals surface area contributed by atoms with Gasteiger partial charge in [-0.2, -0.15) is 11.8 Å². The molecule has 1 heterocycles. The Kier molecular flexibility index (Phi) is 5.59. The van der Waals surface area contributed by atoms with Gasteiger partial charge in [0.2, 0.25) is 0 Å². The molecule has 0 bridgehead atoms. The van der Waals surface area contributed by atoms with E-state index in [4.69, 9.17) is 4.74 Å². The monoisotopic (exact) mass is 261 g/mol. The van der Waals surface area contributed by atoms with Crippen molar-refractivity contribution in [3.05, 3.63) is 0 Å². The van der Waals surface area contributed by atoms with Crippen LogP contribution in [0, 0.1) is 5.92 Å². The Hall–Kier alpha value is -0.420. The maximum atomic E-state index is 11.7. The number of carbonyl (C=O) groups is 1. The van der Waals surface area contributed by atoms with Crippen molar-refractivity contribution in [1.29, 1.82) is 0 Å². The third-order valence-electron chi connectivity index (χ3n) is 2.71. The fourth-order valence-corrected chi connectivity index (χ4v) is 2.95. The van der Waals surface area contributed by atoms with Crippen molar-refractivity contribution in [3.8, 4) is 0 Å². The lowest BCUT2D eigenvalue weighted by atomic mass is 9.96. The zero-order valence-corrected chi connectivity index (χ0v) is 11.7. The Morgan fingerprint density at radius 1 is 1.41 bits per heavy atom. The molecular formula is C12H23NO3S. The van der Waals surface area contributed by atoms with Gasteiger partial charge in [0.05, 0.1) is 0 Å². The third kappa shape index (κ3) is 5.64. The quantitative estimate of drug-likeness (QED) is 0.798. The highest BCUT2D eigenvalue weighted by molar-refractivity contribution is 7.99. The molecule has 4 nitrogen and oxygen atoms in total. The minimum Gasteiger partial charge on any atom is -0.444 e. The Labute approximate surface area is 107 Å². The maximum Gasteiger partial charge on any atom is 0.407 e. The minimum absolute atomic E-state index is 0.0323. The highest BCUT2D eigenvalue weighted by Crippen LogP contribution is 2.22. The van der Waals surface area contributed by atoms with E-state index in [0.717, 1.165) is 24.3 Å². The van der Waals surface area contributed by atoms with Gasteiger partial charge < -0.3 is 15.2 Å². The molecule has 0 aromatic carbocycles. The van der Waals surface area contributed by atoms with E-state index in [1.54, 1.807) is 0 Å². The van der Waals surface area contributed by atoms with E-state index in [-0.39, 0.29) is 24.7 Å². The SMILES string of the molecule is CC(C)(C)OC(=O)NC1CCSCCC1CO. The molecule has 5 heteroatoms. The largest absolute Gasteiger partial charge is 0.444 e. The van der Waals surface area contributed by atoms with Crippen molar-refractivity contribution in [1.82, 2.24) is 5.32 Å². The van der Waals surface area contributed by atoms with Crippen LogP contribution in [0.5, 0.6) is 0 Å². The van der Waals surface area contributed by atoms with Gasteiger partial charge in [-0.3, -0.25) is 0 Å². The number of aliphatic hydroxyl groups excluding tert-OH is 1. The molecule has 0 spiro atoms. The van der Waals surface area contributed by atoms with E-state index in [1.165, 1.54) is 0 Å². The fourth-order valence-electron chi connectivity index (χ4n) is 1.85. The van der Waals surface area contributed by atoms with E-state index in [1.807, 2.05) is 32.5 Å². The number of hydrogen-bond acceptors (Lipinski definition) is 4. The van der Waals surface area contributed by atoms with Gasteiger partial charge in [0.15, 0.2) is 0 Å². The third-order valence-corrected chi connectivity index (χ3v) is 3.76. The van der Waals surface area contributed by atoms with E-state index in [9.17, 15) is 9.90 Å². The molecule has 1 aliphatic heterocycles. The molecule has 1 rings (SSSR count). The summed E-state index contributed by atoms with van der Waals surface area (Å²) in [6, 6.07) is 0.0323. The van der Waals surface area contributed by atoms with Gasteiger partial charge in [-0.05, 0) is 45.1 Å². The number of amides is 1. The maximum absolute atomic E-state index is 11.7. The lowest BCUT2D eigenvalue weighted by Crippen LogP contribution is -2.44. The van der Waals surface area contributed by atoms with Gasteiger partial charge >= 0.3 is 6.09 Å². The van der Waals surface area contributed by atoms with Crippen LogP contribution in [0.4, 0.5) is 4.79 Å². The second-order valence-corrected chi connectivity index (χ2v) is 6.61. The van der Waals surface area contributed by atoms with Crippen LogP contribution in [-0.2, 0) is 4.74 Å². The summed E-state index contributed by atoms with van der Waals surface area (Å²) >= 11 is 1.88. The molecule has 100 valence electrons. The molecule has 1 fully saturated rings. The number of nitrogens with one attached hydrogen (secondary N) is 1. The lowest BCUT2D eigenvalue weighted by Gasteiger charge is -2.26. The first-order chi connectivity index (χ1) is 7.92. The average Bonchev–Trinajstić information content (AvgIpc) is 2.39. The molecule has 0 aliphatic carbocycles. The van der Waals surface area contributed by atoms with E-state index < -0.39 is 5.60 Å². The summed E-state index contributed by atoms with van der Waals surface area (Å²) in [4.78, 5) is 11.7. The molecule has 1 amide bonds. The molecule has 2 atom stereocenters. The highest BCUT2D eigenvalue weighted by Gasteiger charge is 2.26. The first-order valence-electron chi connectivity index (χ1n) is 6.10. The molecule has 2 N–H and O–H groups in total. The van der Waals surface area contributed by atoms with Crippen LogP contribution in [-0.4, -0.2) is 41.0 Å². The van der Waals surface area contributed by atoms with Crippen molar-refractivity contribution >= 4 is 17.9 Å². The summed E-state index contributed by atoms with van der Waals surface area (Å²) in [5.41, 5.74) is -0.474. The molecular weight excluding hydrogens is 238 g/mol. The first-order valence-corrected chi connectivity index (χ1v) is 7.26. The van der Waals surface area contributed by atoms with Gasteiger partial charge in [-0.15, -0.1) is 0 Å². The average molecular weight is 261 g/mol. The van der Waals surface area contributed by atoms with E-state index in [2.05, 4.69) is 5.32 Å². The van der Waals surface area contributed by atoms with Crippen LogP contribution >= 0.6 is 11.8 Å². The summed E-state index contributed by atoms with van der Waals surface area (Å²) in [5, 5.41) is 12.2. The van der Waals surface area contributed by atoms with Gasteiger partial charge in [0.25, 0.3) is 0 Å². The van der Waals surface area contributed by atoms with Crippen molar-refractivity contribution in [2.24, 2.45) is 5.92 Å². The summed E-state index contributed by atoms with van der Waals surface area (Å²) < 4.78 is 5.24. The second-order valence-electron chi connectivity index (χ2n) is 5.39. The Morgan fingerprint density at radius 2 is 2.06 bits per heavy atom. The molecule has 1 aliphatic rings. The molecule has 17 heavy (non-hydrogen) atoms. The van der Waals surface area contributed by atoms with Crippen LogP contribution in [0.1, 0.15) is 33.6 Å². The number of alkyl carbamates (subject to hydrolysis) is 1. The van der Waals surface area contributed by atoms with Crippen LogP contribution in [0.3, 0.4) is 0 Å². The van der Waals surface area contributed by atoms with Gasteiger partial charge in [-0.25, -0.2) is 4.79 Å². The Balaban J connectivity index is 2.49.